The van der Waals surface area contributed by atoms with Gasteiger partial charge in [0.05, 0.1) is 15.5 Å². The van der Waals surface area contributed by atoms with Gasteiger partial charge in [-0.1, -0.05) is 35.9 Å². The number of aromatic nitrogens is 1. The highest BCUT2D eigenvalue weighted by molar-refractivity contribution is 7.91. The van der Waals surface area contributed by atoms with Crippen LogP contribution in [0.2, 0.25) is 5.02 Å². The van der Waals surface area contributed by atoms with Crippen molar-refractivity contribution in [1.29, 1.82) is 0 Å². The molecule has 0 amide bonds. The minimum atomic E-state index is -3.30. The molecule has 0 bridgehead atoms. The quantitative estimate of drug-likeness (QED) is 0.467. The molecule has 3 aromatic carbocycles. The third kappa shape index (κ3) is 3.88. The van der Waals surface area contributed by atoms with Crippen molar-refractivity contribution in [2.75, 3.05) is 12.5 Å². The number of rotatable bonds is 4. The van der Waals surface area contributed by atoms with E-state index in [4.69, 9.17) is 11.6 Å². The van der Waals surface area contributed by atoms with E-state index in [0.29, 0.717) is 5.02 Å². The Morgan fingerprint density at radius 1 is 0.700 bits per heavy atom. The molecule has 8 heteroatoms. The standard InChI is InChI=1S/C22H18ClNO4S2/c1-29(25,26)17-8-3-14(4-9-17)21-19-13-16(23)7-12-20(19)24-22(21)15-5-10-18(11-6-15)30(2,27)28/h3-13,24H,1-2H3. The molecule has 0 saturated carbocycles. The molecule has 0 radical (unpaired) electrons. The fourth-order valence-electron chi connectivity index (χ4n) is 3.42. The lowest BCUT2D eigenvalue weighted by Gasteiger charge is -2.08. The summed E-state index contributed by atoms with van der Waals surface area (Å²) in [6, 6.07) is 18.8. The van der Waals surface area contributed by atoms with Crippen molar-refractivity contribution in [3.63, 3.8) is 0 Å². The first-order valence-electron chi connectivity index (χ1n) is 8.96. The molecule has 0 saturated heterocycles. The third-order valence-electron chi connectivity index (χ3n) is 4.90. The first-order valence-corrected chi connectivity index (χ1v) is 13.1. The van der Waals surface area contributed by atoms with Crippen LogP contribution in [0.4, 0.5) is 0 Å². The highest BCUT2D eigenvalue weighted by Crippen LogP contribution is 2.39. The Labute approximate surface area is 180 Å². The Morgan fingerprint density at radius 2 is 1.20 bits per heavy atom. The summed E-state index contributed by atoms with van der Waals surface area (Å²) >= 11 is 6.23. The van der Waals surface area contributed by atoms with Gasteiger partial charge >= 0.3 is 0 Å². The second kappa shape index (κ2) is 7.27. The zero-order valence-electron chi connectivity index (χ0n) is 16.2. The highest BCUT2D eigenvalue weighted by atomic mass is 35.5. The molecule has 0 atom stereocenters. The van der Waals surface area contributed by atoms with Gasteiger partial charge in [-0.25, -0.2) is 16.8 Å². The van der Waals surface area contributed by atoms with E-state index >= 15 is 0 Å². The first-order chi connectivity index (χ1) is 14.0. The Balaban J connectivity index is 1.95. The number of sulfone groups is 2. The number of hydrogen-bond donors (Lipinski definition) is 1. The molecule has 154 valence electrons. The summed E-state index contributed by atoms with van der Waals surface area (Å²) in [6.07, 6.45) is 2.34. The molecule has 1 aromatic heterocycles. The van der Waals surface area contributed by atoms with Crippen molar-refractivity contribution >= 4 is 42.2 Å². The van der Waals surface area contributed by atoms with Crippen LogP contribution in [0.15, 0.2) is 76.5 Å². The van der Waals surface area contributed by atoms with Crippen molar-refractivity contribution in [2.24, 2.45) is 0 Å². The van der Waals surface area contributed by atoms with E-state index in [0.717, 1.165) is 33.3 Å². The fraction of sp³-hybridized carbons (Fsp3) is 0.0909. The largest absolute Gasteiger partial charge is 0.354 e. The number of fused-ring (bicyclic) bond motifs is 1. The molecule has 0 unspecified atom stereocenters. The summed E-state index contributed by atoms with van der Waals surface area (Å²) in [5, 5.41) is 1.46. The van der Waals surface area contributed by atoms with Crippen LogP contribution in [0.5, 0.6) is 0 Å². The Bertz CT molecular complexity index is 1470. The molecule has 0 aliphatic rings. The molecule has 0 aliphatic carbocycles. The van der Waals surface area contributed by atoms with Gasteiger partial charge < -0.3 is 4.98 Å². The molecule has 5 nitrogen and oxygen atoms in total. The third-order valence-corrected chi connectivity index (χ3v) is 7.39. The van der Waals surface area contributed by atoms with Crippen LogP contribution in [0.1, 0.15) is 0 Å². The summed E-state index contributed by atoms with van der Waals surface area (Å²) in [7, 11) is -6.60. The molecule has 1 heterocycles. The Hall–Kier alpha value is -2.61. The lowest BCUT2D eigenvalue weighted by Crippen LogP contribution is -1.97. The van der Waals surface area contributed by atoms with Gasteiger partial charge in [-0.3, -0.25) is 0 Å². The van der Waals surface area contributed by atoms with E-state index in [1.807, 2.05) is 12.1 Å². The molecule has 4 aromatic rings. The molecule has 0 spiro atoms. The minimum Gasteiger partial charge on any atom is -0.354 e. The highest BCUT2D eigenvalue weighted by Gasteiger charge is 2.17. The van der Waals surface area contributed by atoms with Crippen LogP contribution >= 0.6 is 11.6 Å². The second-order valence-corrected chi connectivity index (χ2v) is 11.6. The molecular weight excluding hydrogens is 442 g/mol. The van der Waals surface area contributed by atoms with Gasteiger partial charge in [-0.05, 0) is 53.6 Å². The van der Waals surface area contributed by atoms with Crippen LogP contribution in [0.3, 0.4) is 0 Å². The first kappa shape index (κ1) is 20.7. The number of hydrogen-bond acceptors (Lipinski definition) is 4. The van der Waals surface area contributed by atoms with E-state index in [-0.39, 0.29) is 9.79 Å². The average Bonchev–Trinajstić information content (AvgIpc) is 3.05. The van der Waals surface area contributed by atoms with Crippen molar-refractivity contribution in [1.82, 2.24) is 4.98 Å². The van der Waals surface area contributed by atoms with Crippen molar-refractivity contribution in [3.8, 4) is 22.4 Å². The van der Waals surface area contributed by atoms with Gasteiger partial charge in [-0.15, -0.1) is 0 Å². The summed E-state index contributed by atoms with van der Waals surface area (Å²) in [4.78, 5) is 3.86. The average molecular weight is 460 g/mol. The van der Waals surface area contributed by atoms with Crippen LogP contribution in [-0.2, 0) is 19.7 Å². The van der Waals surface area contributed by atoms with Gasteiger partial charge in [0.25, 0.3) is 0 Å². The maximum absolute atomic E-state index is 11.8. The van der Waals surface area contributed by atoms with Crippen LogP contribution in [0, 0.1) is 0 Å². The number of nitrogens with one attached hydrogen (secondary N) is 1. The van der Waals surface area contributed by atoms with Gasteiger partial charge in [0, 0.05) is 34.0 Å². The number of H-pyrrole nitrogens is 1. The molecule has 1 N–H and O–H groups in total. The SMILES string of the molecule is CS(=O)(=O)c1ccc(-c2[nH]c3ccc(Cl)cc3c2-c2ccc(S(C)(=O)=O)cc2)cc1. The molecule has 0 aliphatic heterocycles. The second-order valence-electron chi connectivity index (χ2n) is 7.16. The monoisotopic (exact) mass is 459 g/mol. The maximum atomic E-state index is 11.8. The van der Waals surface area contributed by atoms with E-state index < -0.39 is 19.7 Å². The Morgan fingerprint density at radius 3 is 1.70 bits per heavy atom. The Kier molecular flexibility index (Phi) is 5.00. The smallest absolute Gasteiger partial charge is 0.175 e. The lowest BCUT2D eigenvalue weighted by atomic mass is 9.98. The molecular formula is C22H18ClNO4S2. The summed E-state index contributed by atoms with van der Waals surface area (Å²) in [6.45, 7) is 0. The van der Waals surface area contributed by atoms with Crippen molar-refractivity contribution in [2.45, 2.75) is 9.79 Å². The van der Waals surface area contributed by atoms with Crippen LogP contribution in [0.25, 0.3) is 33.3 Å². The topological polar surface area (TPSA) is 84.1 Å². The normalized spacial score (nSPS) is 12.4. The lowest BCUT2D eigenvalue weighted by molar-refractivity contribution is 0.600. The number of aromatic amines is 1. The van der Waals surface area contributed by atoms with E-state index in [1.165, 1.54) is 12.5 Å². The summed E-state index contributed by atoms with van der Waals surface area (Å²) in [5.74, 6) is 0. The van der Waals surface area contributed by atoms with E-state index in [9.17, 15) is 16.8 Å². The fourth-order valence-corrected chi connectivity index (χ4v) is 4.85. The number of halogens is 1. The molecule has 30 heavy (non-hydrogen) atoms. The van der Waals surface area contributed by atoms with Crippen LogP contribution < -0.4 is 0 Å². The van der Waals surface area contributed by atoms with Gasteiger partial charge in [0.15, 0.2) is 19.7 Å². The summed E-state index contributed by atoms with van der Waals surface area (Å²) < 4.78 is 47.2. The van der Waals surface area contributed by atoms with Crippen LogP contribution in [-0.4, -0.2) is 34.3 Å². The van der Waals surface area contributed by atoms with Gasteiger partial charge in [-0.2, -0.15) is 0 Å². The van der Waals surface area contributed by atoms with E-state index in [2.05, 4.69) is 4.98 Å². The maximum Gasteiger partial charge on any atom is 0.175 e. The van der Waals surface area contributed by atoms with Crippen molar-refractivity contribution in [3.05, 3.63) is 71.8 Å². The molecule has 0 fully saturated rings. The van der Waals surface area contributed by atoms with E-state index in [1.54, 1.807) is 54.6 Å². The predicted molar refractivity (Wildman–Crippen MR) is 120 cm³/mol. The predicted octanol–water partition coefficient (Wildman–Crippen LogP) is 4.96. The molecule has 4 rings (SSSR count). The zero-order valence-corrected chi connectivity index (χ0v) is 18.6. The van der Waals surface area contributed by atoms with Gasteiger partial charge in [0.1, 0.15) is 0 Å². The zero-order chi connectivity index (χ0) is 21.7. The number of benzene rings is 3. The van der Waals surface area contributed by atoms with Gasteiger partial charge in [0.2, 0.25) is 0 Å². The minimum absolute atomic E-state index is 0.239. The van der Waals surface area contributed by atoms with Crippen molar-refractivity contribution < 1.29 is 16.8 Å². The summed E-state index contributed by atoms with van der Waals surface area (Å²) in [5.41, 5.74) is 4.14.